The van der Waals surface area contributed by atoms with Crippen molar-refractivity contribution in [2.75, 3.05) is 0 Å². The standard InChI is InChI=1S/C53H34N6/c1-4-14-35(15-5-1)36-24-26-37(27-25-36)46-33-51(56-53(55-46)38-16-6-2-7-17-38)58-48-23-13-11-21-42(48)44-32-40(28-30-49(44)58)59-50-31-29-43-41-20-10-12-22-47(41)57(39-18-8-3-9-19-39)52(43)45(50)34-54-59/h1-34H. The van der Waals surface area contributed by atoms with Crippen molar-refractivity contribution in [2.45, 2.75) is 0 Å². The van der Waals surface area contributed by atoms with Crippen molar-refractivity contribution >= 4 is 54.5 Å². The third-order valence-corrected chi connectivity index (χ3v) is 11.6. The molecule has 0 atom stereocenters. The number of fused-ring (bicyclic) bond motifs is 8. The van der Waals surface area contributed by atoms with E-state index < -0.39 is 0 Å². The lowest BCUT2D eigenvalue weighted by Crippen LogP contribution is -2.02. The molecular formula is C53H34N6. The van der Waals surface area contributed by atoms with Gasteiger partial charge in [0.2, 0.25) is 0 Å². The molecule has 0 saturated carbocycles. The number of hydrogen-bond donors (Lipinski definition) is 0. The monoisotopic (exact) mass is 754 g/mol. The van der Waals surface area contributed by atoms with Crippen LogP contribution in [0.2, 0.25) is 0 Å². The summed E-state index contributed by atoms with van der Waals surface area (Å²) in [4.78, 5) is 10.4. The van der Waals surface area contributed by atoms with Crippen LogP contribution in [0.25, 0.3) is 105 Å². The van der Waals surface area contributed by atoms with Gasteiger partial charge in [0.05, 0.1) is 45.2 Å². The second kappa shape index (κ2) is 13.3. The molecule has 0 radical (unpaired) electrons. The topological polar surface area (TPSA) is 53.5 Å². The molecule has 4 aromatic heterocycles. The fourth-order valence-electron chi connectivity index (χ4n) is 8.83. The lowest BCUT2D eigenvalue weighted by molar-refractivity contribution is 0.912. The van der Waals surface area contributed by atoms with Crippen LogP contribution in [0, 0.1) is 0 Å². The third-order valence-electron chi connectivity index (χ3n) is 11.6. The maximum Gasteiger partial charge on any atom is 0.162 e. The van der Waals surface area contributed by atoms with E-state index in [0.717, 1.165) is 77.8 Å². The molecule has 0 N–H and O–H groups in total. The van der Waals surface area contributed by atoms with Gasteiger partial charge in [-0.15, -0.1) is 0 Å². The number of para-hydroxylation sites is 3. The normalized spacial score (nSPS) is 11.7. The highest BCUT2D eigenvalue weighted by Gasteiger charge is 2.20. The highest BCUT2D eigenvalue weighted by Crippen LogP contribution is 2.39. The molecule has 8 aromatic carbocycles. The van der Waals surface area contributed by atoms with Crippen molar-refractivity contribution in [3.05, 3.63) is 206 Å². The predicted molar refractivity (Wildman–Crippen MR) is 242 cm³/mol. The van der Waals surface area contributed by atoms with Crippen molar-refractivity contribution in [1.82, 2.24) is 28.9 Å². The highest BCUT2D eigenvalue weighted by atomic mass is 15.3. The van der Waals surface area contributed by atoms with E-state index in [2.05, 4.69) is 190 Å². The summed E-state index contributed by atoms with van der Waals surface area (Å²) in [6.07, 6.45) is 2.02. The second-order valence-corrected chi connectivity index (χ2v) is 14.9. The first-order valence-electron chi connectivity index (χ1n) is 19.9. The van der Waals surface area contributed by atoms with Crippen molar-refractivity contribution in [1.29, 1.82) is 0 Å². The Morgan fingerprint density at radius 2 is 0.915 bits per heavy atom. The first-order valence-corrected chi connectivity index (χ1v) is 19.9. The fourth-order valence-corrected chi connectivity index (χ4v) is 8.83. The second-order valence-electron chi connectivity index (χ2n) is 14.9. The molecule has 0 aliphatic carbocycles. The first kappa shape index (κ1) is 33.1. The summed E-state index contributed by atoms with van der Waals surface area (Å²) in [6.45, 7) is 0. The molecule has 0 spiro atoms. The molecule has 6 nitrogen and oxygen atoms in total. The van der Waals surface area contributed by atoms with Crippen LogP contribution in [0.5, 0.6) is 0 Å². The molecule has 0 amide bonds. The van der Waals surface area contributed by atoms with Crippen molar-refractivity contribution in [3.63, 3.8) is 0 Å². The molecule has 0 fully saturated rings. The molecule has 276 valence electrons. The summed E-state index contributed by atoms with van der Waals surface area (Å²) in [5.41, 5.74) is 12.8. The van der Waals surface area contributed by atoms with Crippen LogP contribution in [0.3, 0.4) is 0 Å². The van der Waals surface area contributed by atoms with Crippen LogP contribution in [-0.4, -0.2) is 28.9 Å². The summed E-state index contributed by atoms with van der Waals surface area (Å²) in [7, 11) is 0. The Morgan fingerprint density at radius 3 is 1.66 bits per heavy atom. The summed E-state index contributed by atoms with van der Waals surface area (Å²) in [6, 6.07) is 70.4. The predicted octanol–water partition coefficient (Wildman–Crippen LogP) is 13.0. The zero-order chi connectivity index (χ0) is 38.9. The van der Waals surface area contributed by atoms with Crippen LogP contribution in [0.15, 0.2) is 206 Å². The SMILES string of the molecule is c1ccc(-c2ccc(-c3cc(-n4c5ccccc5c5cc(-n6ncc7c6ccc6c8ccccc8n(-c8ccccc8)c67)ccc54)nc(-c4ccccc4)n3)cc2)cc1. The molecule has 59 heavy (non-hydrogen) atoms. The zero-order valence-corrected chi connectivity index (χ0v) is 31.8. The van der Waals surface area contributed by atoms with Crippen LogP contribution >= 0.6 is 0 Å². The summed E-state index contributed by atoms with van der Waals surface area (Å²) in [5.74, 6) is 1.48. The van der Waals surface area contributed by atoms with E-state index in [1.165, 1.54) is 21.9 Å². The minimum atomic E-state index is 0.676. The Kier molecular flexibility index (Phi) is 7.43. The molecule has 0 unspecified atom stereocenters. The number of hydrogen-bond acceptors (Lipinski definition) is 3. The molecule has 0 aliphatic rings. The lowest BCUT2D eigenvalue weighted by Gasteiger charge is -2.13. The first-order chi connectivity index (χ1) is 29.3. The minimum absolute atomic E-state index is 0.676. The van der Waals surface area contributed by atoms with Gasteiger partial charge in [-0.2, -0.15) is 5.10 Å². The van der Waals surface area contributed by atoms with Gasteiger partial charge < -0.3 is 4.57 Å². The van der Waals surface area contributed by atoms with Gasteiger partial charge in [-0.3, -0.25) is 4.57 Å². The quantitative estimate of drug-likeness (QED) is 0.170. The summed E-state index contributed by atoms with van der Waals surface area (Å²) in [5, 5.41) is 10.9. The van der Waals surface area contributed by atoms with E-state index in [4.69, 9.17) is 15.1 Å². The highest BCUT2D eigenvalue weighted by molar-refractivity contribution is 6.18. The van der Waals surface area contributed by atoms with E-state index in [0.29, 0.717) is 5.82 Å². The van der Waals surface area contributed by atoms with Crippen LogP contribution < -0.4 is 0 Å². The van der Waals surface area contributed by atoms with Crippen LogP contribution in [0.1, 0.15) is 0 Å². The van der Waals surface area contributed by atoms with E-state index >= 15 is 0 Å². The number of rotatable bonds is 6. The zero-order valence-electron chi connectivity index (χ0n) is 31.8. The summed E-state index contributed by atoms with van der Waals surface area (Å²) >= 11 is 0. The smallest absolute Gasteiger partial charge is 0.162 e. The molecule has 0 aliphatic heterocycles. The van der Waals surface area contributed by atoms with Gasteiger partial charge in [-0.05, 0) is 65.7 Å². The lowest BCUT2D eigenvalue weighted by atomic mass is 10.0. The Balaban J connectivity index is 1.03. The van der Waals surface area contributed by atoms with Gasteiger partial charge >= 0.3 is 0 Å². The molecule has 4 heterocycles. The number of benzene rings is 8. The van der Waals surface area contributed by atoms with Gasteiger partial charge in [0, 0.05) is 49.8 Å². The van der Waals surface area contributed by atoms with Crippen LogP contribution in [-0.2, 0) is 0 Å². The average molecular weight is 755 g/mol. The van der Waals surface area contributed by atoms with E-state index in [-0.39, 0.29) is 0 Å². The van der Waals surface area contributed by atoms with Crippen LogP contribution in [0.4, 0.5) is 0 Å². The van der Waals surface area contributed by atoms with Crippen molar-refractivity contribution in [2.24, 2.45) is 0 Å². The molecule has 0 saturated heterocycles. The molecule has 12 rings (SSSR count). The van der Waals surface area contributed by atoms with E-state index in [9.17, 15) is 0 Å². The maximum absolute atomic E-state index is 5.26. The molecular weight excluding hydrogens is 721 g/mol. The van der Waals surface area contributed by atoms with E-state index in [1.807, 2.05) is 30.5 Å². The fraction of sp³-hybridized carbons (Fsp3) is 0. The Morgan fingerprint density at radius 1 is 0.339 bits per heavy atom. The minimum Gasteiger partial charge on any atom is -0.309 e. The largest absolute Gasteiger partial charge is 0.309 e. The van der Waals surface area contributed by atoms with Crippen molar-refractivity contribution in [3.8, 4) is 51.0 Å². The van der Waals surface area contributed by atoms with Gasteiger partial charge in [-0.1, -0.05) is 140 Å². The molecule has 6 heteroatoms. The Hall–Kier alpha value is -8.09. The van der Waals surface area contributed by atoms with Gasteiger partial charge in [-0.25, -0.2) is 14.6 Å². The molecule has 12 aromatic rings. The van der Waals surface area contributed by atoms with Gasteiger partial charge in [0.1, 0.15) is 5.82 Å². The number of nitrogens with zero attached hydrogens (tertiary/aromatic N) is 6. The van der Waals surface area contributed by atoms with E-state index in [1.54, 1.807) is 0 Å². The summed E-state index contributed by atoms with van der Waals surface area (Å²) < 4.78 is 6.71. The van der Waals surface area contributed by atoms with Crippen molar-refractivity contribution < 1.29 is 0 Å². The molecule has 0 bridgehead atoms. The average Bonchev–Trinajstić information content (AvgIpc) is 4.00. The Bertz CT molecular complexity index is 3530. The Labute approximate surface area is 339 Å². The van der Waals surface area contributed by atoms with Gasteiger partial charge in [0.15, 0.2) is 5.82 Å². The number of aromatic nitrogens is 6. The maximum atomic E-state index is 5.26. The third kappa shape index (κ3) is 5.31. The van der Waals surface area contributed by atoms with Gasteiger partial charge in [0.25, 0.3) is 0 Å².